The molecule has 1 heterocycles. The molecule has 28 heavy (non-hydrogen) atoms. The third-order valence-corrected chi connectivity index (χ3v) is 6.40. The van der Waals surface area contributed by atoms with Crippen molar-refractivity contribution in [3.8, 4) is 0 Å². The van der Waals surface area contributed by atoms with Crippen molar-refractivity contribution in [3.05, 3.63) is 58.3 Å². The van der Waals surface area contributed by atoms with Gasteiger partial charge in [0.1, 0.15) is 0 Å². The van der Waals surface area contributed by atoms with Crippen molar-refractivity contribution in [3.63, 3.8) is 0 Å². The summed E-state index contributed by atoms with van der Waals surface area (Å²) in [6.07, 6.45) is 4.60. The van der Waals surface area contributed by atoms with Crippen LogP contribution in [0.1, 0.15) is 21.7 Å². The summed E-state index contributed by atoms with van der Waals surface area (Å²) in [6, 6.07) is 8.81. The molecule has 4 atom stereocenters. The Kier molecular flexibility index (Phi) is 4.77. The van der Waals surface area contributed by atoms with E-state index in [1.807, 2.05) is 30.5 Å². The number of nitrogens with one attached hydrogen (secondary N) is 2. The fourth-order valence-corrected chi connectivity index (χ4v) is 4.83. The van der Waals surface area contributed by atoms with Crippen LogP contribution in [0.15, 0.2) is 47.9 Å². The quantitative estimate of drug-likeness (QED) is 0.671. The number of aliphatic carboxylic acids is 1. The van der Waals surface area contributed by atoms with Gasteiger partial charge < -0.3 is 15.7 Å². The number of hydrogen-bond acceptors (Lipinski definition) is 4. The van der Waals surface area contributed by atoms with Gasteiger partial charge in [0.2, 0.25) is 5.91 Å². The van der Waals surface area contributed by atoms with Crippen LogP contribution < -0.4 is 10.6 Å². The molecule has 2 aromatic rings. The molecule has 2 bridgehead atoms. The van der Waals surface area contributed by atoms with Gasteiger partial charge in [0.05, 0.1) is 16.7 Å². The zero-order valence-corrected chi connectivity index (χ0v) is 16.0. The smallest absolute Gasteiger partial charge is 0.307 e. The molecule has 4 rings (SSSR count). The molecule has 0 saturated heterocycles. The number of allylic oxidation sites excluding steroid dienone is 2. The molecule has 1 saturated carbocycles. The third kappa shape index (κ3) is 3.33. The number of carboxylic acid groups (broad SMARTS) is 1. The van der Waals surface area contributed by atoms with Gasteiger partial charge in [-0.15, -0.1) is 11.3 Å². The maximum atomic E-state index is 12.8. The van der Waals surface area contributed by atoms with Gasteiger partial charge in [-0.25, -0.2) is 0 Å². The van der Waals surface area contributed by atoms with Crippen molar-refractivity contribution in [2.45, 2.75) is 13.3 Å². The van der Waals surface area contributed by atoms with Crippen LogP contribution in [0.2, 0.25) is 0 Å². The van der Waals surface area contributed by atoms with Crippen LogP contribution in [0, 0.1) is 30.6 Å². The average Bonchev–Trinajstić information content (AvgIpc) is 3.40. The molecular weight excluding hydrogens is 376 g/mol. The van der Waals surface area contributed by atoms with E-state index in [-0.39, 0.29) is 23.7 Å². The highest BCUT2D eigenvalue weighted by atomic mass is 32.1. The standard InChI is InChI=1S/C21H20N2O4S/c1-11-9-14(6-7-15(11)23-19(24)16-3-2-8-28-16)22-20(25)17-12-4-5-13(10-12)18(17)21(26)27/h2-9,12-13,17-18H,10H2,1H3,(H,22,25)(H,23,24)(H,26,27)/t12-,13-,17+,18+/m0/s1. The number of carboxylic acids is 1. The molecule has 2 aliphatic carbocycles. The Morgan fingerprint density at radius 2 is 1.82 bits per heavy atom. The number of rotatable bonds is 5. The number of carbonyl (C=O) groups excluding carboxylic acids is 2. The summed E-state index contributed by atoms with van der Waals surface area (Å²) in [4.78, 5) is 37.2. The molecule has 0 aliphatic heterocycles. The van der Waals surface area contributed by atoms with Crippen molar-refractivity contribution < 1.29 is 19.5 Å². The van der Waals surface area contributed by atoms with Gasteiger partial charge in [0, 0.05) is 11.4 Å². The number of amides is 2. The number of fused-ring (bicyclic) bond motifs is 2. The van der Waals surface area contributed by atoms with E-state index in [0.29, 0.717) is 16.3 Å². The molecule has 0 unspecified atom stereocenters. The molecule has 0 spiro atoms. The van der Waals surface area contributed by atoms with E-state index < -0.39 is 17.8 Å². The molecule has 0 radical (unpaired) electrons. The summed E-state index contributed by atoms with van der Waals surface area (Å²) in [6.45, 7) is 1.85. The van der Waals surface area contributed by atoms with Crippen molar-refractivity contribution in [1.82, 2.24) is 0 Å². The Morgan fingerprint density at radius 1 is 1.07 bits per heavy atom. The minimum atomic E-state index is -0.917. The van der Waals surface area contributed by atoms with E-state index in [2.05, 4.69) is 10.6 Å². The van der Waals surface area contributed by atoms with E-state index >= 15 is 0 Å². The molecule has 1 aromatic carbocycles. The van der Waals surface area contributed by atoms with Crippen LogP contribution >= 0.6 is 11.3 Å². The number of aryl methyl sites for hydroxylation is 1. The highest BCUT2D eigenvalue weighted by molar-refractivity contribution is 7.12. The highest BCUT2D eigenvalue weighted by Gasteiger charge is 2.51. The third-order valence-electron chi connectivity index (χ3n) is 5.53. The van der Waals surface area contributed by atoms with Crippen molar-refractivity contribution in [2.24, 2.45) is 23.7 Å². The van der Waals surface area contributed by atoms with Gasteiger partial charge in [-0.3, -0.25) is 14.4 Å². The molecule has 2 amide bonds. The van der Waals surface area contributed by atoms with E-state index in [1.165, 1.54) is 11.3 Å². The minimum Gasteiger partial charge on any atom is -0.481 e. The Balaban J connectivity index is 1.46. The SMILES string of the molecule is Cc1cc(NC(=O)[C@H]2[C@H](C(=O)O)[C@H]3C=C[C@H]2C3)ccc1NC(=O)c1cccs1. The van der Waals surface area contributed by atoms with Crippen LogP contribution in [-0.2, 0) is 9.59 Å². The Hall–Kier alpha value is -2.93. The fraction of sp³-hybridized carbons (Fsp3) is 0.286. The fourth-order valence-electron chi connectivity index (χ4n) is 4.22. The van der Waals surface area contributed by atoms with Crippen LogP contribution in [0.5, 0.6) is 0 Å². The first-order valence-electron chi connectivity index (χ1n) is 9.11. The average molecular weight is 396 g/mol. The van der Waals surface area contributed by atoms with Crippen molar-refractivity contribution in [1.29, 1.82) is 0 Å². The summed E-state index contributed by atoms with van der Waals surface area (Å²) < 4.78 is 0. The molecular formula is C21H20N2O4S. The maximum Gasteiger partial charge on any atom is 0.307 e. The van der Waals surface area contributed by atoms with E-state index in [9.17, 15) is 19.5 Å². The zero-order chi connectivity index (χ0) is 19.8. The zero-order valence-electron chi connectivity index (χ0n) is 15.2. The molecule has 3 N–H and O–H groups in total. The first kappa shape index (κ1) is 18.4. The van der Waals surface area contributed by atoms with Gasteiger partial charge in [-0.05, 0) is 60.4 Å². The molecule has 1 fully saturated rings. The molecule has 7 heteroatoms. The predicted molar refractivity (Wildman–Crippen MR) is 107 cm³/mol. The van der Waals surface area contributed by atoms with Crippen LogP contribution in [0.4, 0.5) is 11.4 Å². The second-order valence-electron chi connectivity index (χ2n) is 7.29. The minimum absolute atomic E-state index is 0.0171. The van der Waals surface area contributed by atoms with E-state index in [4.69, 9.17) is 0 Å². The Morgan fingerprint density at radius 3 is 2.46 bits per heavy atom. The van der Waals surface area contributed by atoms with E-state index in [1.54, 1.807) is 24.3 Å². The topological polar surface area (TPSA) is 95.5 Å². The summed E-state index contributed by atoms with van der Waals surface area (Å²) in [5.74, 6) is -2.65. The van der Waals surface area contributed by atoms with Crippen LogP contribution in [0.3, 0.4) is 0 Å². The lowest BCUT2D eigenvalue weighted by atomic mass is 9.82. The van der Waals surface area contributed by atoms with Gasteiger partial charge >= 0.3 is 5.97 Å². The molecule has 144 valence electrons. The first-order valence-corrected chi connectivity index (χ1v) is 9.99. The second-order valence-corrected chi connectivity index (χ2v) is 8.24. The summed E-state index contributed by atoms with van der Waals surface area (Å²) in [5, 5.41) is 17.1. The van der Waals surface area contributed by atoms with Gasteiger partial charge in [0.25, 0.3) is 5.91 Å². The van der Waals surface area contributed by atoms with E-state index in [0.717, 1.165) is 12.0 Å². The predicted octanol–water partition coefficient (Wildman–Crippen LogP) is 3.77. The highest BCUT2D eigenvalue weighted by Crippen LogP contribution is 2.48. The number of benzene rings is 1. The monoisotopic (exact) mass is 396 g/mol. The lowest BCUT2D eigenvalue weighted by Crippen LogP contribution is -2.36. The number of hydrogen-bond donors (Lipinski definition) is 3. The second kappa shape index (κ2) is 7.24. The Labute approximate surface area is 166 Å². The molecule has 6 nitrogen and oxygen atoms in total. The molecule has 1 aromatic heterocycles. The Bertz CT molecular complexity index is 967. The summed E-state index contributed by atoms with van der Waals surface area (Å²) in [5.41, 5.74) is 2.07. The lowest BCUT2D eigenvalue weighted by Gasteiger charge is -2.24. The van der Waals surface area contributed by atoms with Crippen molar-refractivity contribution in [2.75, 3.05) is 10.6 Å². The van der Waals surface area contributed by atoms with Gasteiger partial charge in [0.15, 0.2) is 0 Å². The summed E-state index contributed by atoms with van der Waals surface area (Å²) in [7, 11) is 0. The van der Waals surface area contributed by atoms with Gasteiger partial charge in [-0.1, -0.05) is 18.2 Å². The van der Waals surface area contributed by atoms with Crippen molar-refractivity contribution >= 4 is 40.5 Å². The van der Waals surface area contributed by atoms with Gasteiger partial charge in [-0.2, -0.15) is 0 Å². The van der Waals surface area contributed by atoms with Crippen LogP contribution in [-0.4, -0.2) is 22.9 Å². The molecule has 2 aliphatic rings. The maximum absolute atomic E-state index is 12.8. The largest absolute Gasteiger partial charge is 0.481 e. The first-order chi connectivity index (χ1) is 13.4. The number of anilines is 2. The number of carbonyl (C=O) groups is 3. The normalized spacial score (nSPS) is 24.9. The number of thiophene rings is 1. The lowest BCUT2D eigenvalue weighted by molar-refractivity contribution is -0.146. The van der Waals surface area contributed by atoms with Crippen LogP contribution in [0.25, 0.3) is 0 Å². The summed E-state index contributed by atoms with van der Waals surface area (Å²) >= 11 is 1.37.